The van der Waals surface area contributed by atoms with Crippen LogP contribution in [0.15, 0.2) is 30.6 Å². The van der Waals surface area contributed by atoms with Crippen LogP contribution >= 0.6 is 0 Å². The summed E-state index contributed by atoms with van der Waals surface area (Å²) in [4.78, 5) is 0. The zero-order valence-electron chi connectivity index (χ0n) is 9.90. The van der Waals surface area contributed by atoms with Crippen LogP contribution in [0.1, 0.15) is 17.2 Å². The van der Waals surface area contributed by atoms with Crippen molar-refractivity contribution in [1.82, 2.24) is 9.78 Å². The predicted octanol–water partition coefficient (Wildman–Crippen LogP) is 2.91. The number of hydrogen-bond donors (Lipinski definition) is 1. The van der Waals surface area contributed by atoms with Crippen LogP contribution in [0.3, 0.4) is 0 Å². The Kier molecular flexibility index (Phi) is 3.76. The van der Waals surface area contributed by atoms with Crippen molar-refractivity contribution in [3.63, 3.8) is 0 Å². The van der Waals surface area contributed by atoms with Crippen LogP contribution in [0.2, 0.25) is 0 Å². The van der Waals surface area contributed by atoms with Crippen molar-refractivity contribution in [3.8, 4) is 0 Å². The molecule has 0 fully saturated rings. The molecule has 1 atom stereocenters. The van der Waals surface area contributed by atoms with Gasteiger partial charge in [0.1, 0.15) is 6.10 Å². The highest BCUT2D eigenvalue weighted by molar-refractivity contribution is 5.21. The number of aliphatic hydroxyl groups excluding tert-OH is 1. The van der Waals surface area contributed by atoms with E-state index >= 15 is 0 Å². The number of alkyl halides is 3. The second kappa shape index (κ2) is 5.20. The zero-order chi connectivity index (χ0) is 14.9. The third-order valence-electron chi connectivity index (χ3n) is 2.66. The molecular formula is C12H9F5N2O. The van der Waals surface area contributed by atoms with E-state index in [0.29, 0.717) is 12.4 Å². The van der Waals surface area contributed by atoms with Crippen LogP contribution in [-0.2, 0) is 12.7 Å². The Morgan fingerprint density at radius 1 is 1.25 bits per heavy atom. The van der Waals surface area contributed by atoms with Crippen molar-refractivity contribution in [2.75, 3.05) is 0 Å². The molecule has 108 valence electrons. The van der Waals surface area contributed by atoms with E-state index in [0.717, 1.165) is 16.8 Å². The number of hydrogen-bond acceptors (Lipinski definition) is 2. The lowest BCUT2D eigenvalue weighted by molar-refractivity contribution is -0.137. The lowest BCUT2D eigenvalue weighted by Gasteiger charge is -2.12. The fraction of sp³-hybridized carbons (Fsp3) is 0.250. The molecular weight excluding hydrogens is 283 g/mol. The molecule has 1 aromatic carbocycles. The molecule has 0 aliphatic rings. The summed E-state index contributed by atoms with van der Waals surface area (Å²) in [6.45, 7) is -0.420. The topological polar surface area (TPSA) is 38.0 Å². The van der Waals surface area contributed by atoms with Crippen molar-refractivity contribution in [2.45, 2.75) is 18.8 Å². The minimum Gasteiger partial charge on any atom is -0.386 e. The fourth-order valence-electron chi connectivity index (χ4n) is 1.66. The molecule has 0 spiro atoms. The highest BCUT2D eigenvalue weighted by Crippen LogP contribution is 2.29. The van der Waals surface area contributed by atoms with E-state index < -0.39 is 36.0 Å². The van der Waals surface area contributed by atoms with Crippen LogP contribution in [0.5, 0.6) is 0 Å². The fourth-order valence-corrected chi connectivity index (χ4v) is 1.66. The molecule has 0 saturated carbocycles. The van der Waals surface area contributed by atoms with Crippen molar-refractivity contribution in [2.24, 2.45) is 0 Å². The Morgan fingerprint density at radius 2 is 1.95 bits per heavy atom. The minimum absolute atomic E-state index is 0.339. The van der Waals surface area contributed by atoms with Gasteiger partial charge in [0.15, 0.2) is 11.6 Å². The highest BCUT2D eigenvalue weighted by Gasteiger charge is 2.32. The molecule has 2 rings (SSSR count). The maximum Gasteiger partial charge on any atom is 0.419 e. The number of nitrogens with zero attached hydrogens (tertiary/aromatic N) is 2. The molecule has 0 amide bonds. The second-order valence-electron chi connectivity index (χ2n) is 4.11. The summed E-state index contributed by atoms with van der Waals surface area (Å²) in [6.07, 6.45) is -4.78. The lowest BCUT2D eigenvalue weighted by atomic mass is 10.1. The van der Waals surface area contributed by atoms with Crippen molar-refractivity contribution in [3.05, 3.63) is 53.4 Å². The molecule has 20 heavy (non-hydrogen) atoms. The molecule has 0 bridgehead atoms. The van der Waals surface area contributed by atoms with Crippen molar-refractivity contribution in [1.29, 1.82) is 0 Å². The maximum absolute atomic E-state index is 13.4. The van der Waals surface area contributed by atoms with Crippen molar-refractivity contribution >= 4 is 0 Å². The highest BCUT2D eigenvalue weighted by atomic mass is 19.4. The summed E-state index contributed by atoms with van der Waals surface area (Å²) < 4.78 is 64.3. The Hall–Kier alpha value is -1.96. The average Bonchev–Trinajstić information content (AvgIpc) is 2.81. The lowest BCUT2D eigenvalue weighted by Crippen LogP contribution is -2.11. The molecule has 0 aliphatic heterocycles. The molecule has 0 radical (unpaired) electrons. The molecule has 1 unspecified atom stereocenters. The Morgan fingerprint density at radius 3 is 2.55 bits per heavy atom. The van der Waals surface area contributed by atoms with Gasteiger partial charge >= 0.3 is 6.18 Å². The van der Waals surface area contributed by atoms with Gasteiger partial charge in [-0.25, -0.2) is 8.78 Å². The normalized spacial score (nSPS) is 13.5. The van der Waals surface area contributed by atoms with Gasteiger partial charge in [0, 0.05) is 11.8 Å². The van der Waals surface area contributed by atoms with Crippen LogP contribution in [0, 0.1) is 11.6 Å². The third-order valence-corrected chi connectivity index (χ3v) is 2.66. The summed E-state index contributed by atoms with van der Waals surface area (Å²) in [7, 11) is 0. The average molecular weight is 292 g/mol. The quantitative estimate of drug-likeness (QED) is 0.883. The minimum atomic E-state index is -4.55. The van der Waals surface area contributed by atoms with Gasteiger partial charge in [-0.15, -0.1) is 0 Å². The van der Waals surface area contributed by atoms with Gasteiger partial charge in [0.2, 0.25) is 0 Å². The van der Waals surface area contributed by atoms with E-state index in [9.17, 15) is 27.1 Å². The number of aromatic nitrogens is 2. The van der Waals surface area contributed by atoms with Crippen molar-refractivity contribution < 1.29 is 27.1 Å². The third kappa shape index (κ3) is 2.96. The molecule has 2 aromatic rings. The van der Waals surface area contributed by atoms with Crippen LogP contribution in [0.4, 0.5) is 22.0 Å². The molecule has 8 heteroatoms. The van der Waals surface area contributed by atoms with Gasteiger partial charge in [-0.3, -0.25) is 4.68 Å². The van der Waals surface area contributed by atoms with Crippen LogP contribution in [0.25, 0.3) is 0 Å². The first-order valence-electron chi connectivity index (χ1n) is 5.50. The molecule has 0 aliphatic carbocycles. The van der Waals surface area contributed by atoms with E-state index in [2.05, 4.69) is 5.10 Å². The smallest absolute Gasteiger partial charge is 0.386 e. The first-order valence-corrected chi connectivity index (χ1v) is 5.50. The summed E-state index contributed by atoms with van der Waals surface area (Å²) >= 11 is 0. The molecule has 1 N–H and O–H groups in total. The first-order chi connectivity index (χ1) is 9.29. The second-order valence-corrected chi connectivity index (χ2v) is 4.11. The SMILES string of the molecule is OC(Cn1cc(C(F)(F)F)cn1)c1cccc(F)c1F. The number of halogens is 5. The molecule has 3 nitrogen and oxygen atoms in total. The summed E-state index contributed by atoms with van der Waals surface area (Å²) in [5, 5.41) is 13.2. The van der Waals surface area contributed by atoms with E-state index in [4.69, 9.17) is 0 Å². The predicted molar refractivity (Wildman–Crippen MR) is 58.5 cm³/mol. The monoisotopic (exact) mass is 292 g/mol. The van der Waals surface area contributed by atoms with E-state index in [1.807, 2.05) is 0 Å². The Bertz CT molecular complexity index is 608. The zero-order valence-corrected chi connectivity index (χ0v) is 9.90. The molecule has 0 saturated heterocycles. The van der Waals surface area contributed by atoms with E-state index in [1.54, 1.807) is 0 Å². The summed E-state index contributed by atoms with van der Waals surface area (Å²) in [6, 6.07) is 3.22. The van der Waals surface area contributed by atoms with E-state index in [-0.39, 0.29) is 5.56 Å². The Labute approximate surface area is 110 Å². The van der Waals surface area contributed by atoms with Gasteiger partial charge in [-0.05, 0) is 6.07 Å². The maximum atomic E-state index is 13.4. The van der Waals surface area contributed by atoms with Gasteiger partial charge in [0.25, 0.3) is 0 Å². The number of rotatable bonds is 3. The van der Waals surface area contributed by atoms with Crippen LogP contribution in [-0.4, -0.2) is 14.9 Å². The van der Waals surface area contributed by atoms with Gasteiger partial charge < -0.3 is 5.11 Å². The van der Waals surface area contributed by atoms with Gasteiger partial charge in [-0.2, -0.15) is 18.3 Å². The first kappa shape index (κ1) is 14.4. The van der Waals surface area contributed by atoms with E-state index in [1.165, 1.54) is 6.07 Å². The summed E-state index contributed by atoms with van der Waals surface area (Å²) in [5.74, 6) is -2.37. The number of benzene rings is 1. The van der Waals surface area contributed by atoms with Gasteiger partial charge in [0.05, 0.1) is 18.3 Å². The Balaban J connectivity index is 2.18. The van der Waals surface area contributed by atoms with Crippen LogP contribution < -0.4 is 0 Å². The number of aliphatic hydroxyl groups is 1. The largest absolute Gasteiger partial charge is 0.419 e. The van der Waals surface area contributed by atoms with Gasteiger partial charge in [-0.1, -0.05) is 12.1 Å². The molecule has 1 heterocycles. The summed E-state index contributed by atoms with van der Waals surface area (Å²) in [5.41, 5.74) is -1.32. The standard InChI is InChI=1S/C12H9F5N2O/c13-9-3-1-2-8(11(9)14)10(20)6-19-5-7(4-18-19)12(15,16)17/h1-5,10,20H,6H2. The molecule has 1 aromatic heterocycles.